The highest BCUT2D eigenvalue weighted by Gasteiger charge is 2.27. The van der Waals surface area contributed by atoms with Crippen molar-refractivity contribution in [1.29, 1.82) is 5.26 Å². The third kappa shape index (κ3) is 3.32. The summed E-state index contributed by atoms with van der Waals surface area (Å²) in [5, 5.41) is 14.2. The van der Waals surface area contributed by atoms with E-state index in [9.17, 15) is 4.79 Å². The van der Waals surface area contributed by atoms with E-state index in [1.54, 1.807) is 0 Å². The average Bonchev–Trinajstić information content (AvgIpc) is 2.15. The van der Waals surface area contributed by atoms with Gasteiger partial charge in [-0.3, -0.25) is 0 Å². The Kier molecular flexibility index (Phi) is 4.90. The van der Waals surface area contributed by atoms with Crippen molar-refractivity contribution >= 4 is 6.03 Å². The van der Waals surface area contributed by atoms with E-state index in [4.69, 9.17) is 5.26 Å². The maximum Gasteiger partial charge on any atom is 0.316 e. The van der Waals surface area contributed by atoms with E-state index >= 15 is 0 Å². The van der Waals surface area contributed by atoms with E-state index < -0.39 is 5.54 Å². The fourth-order valence-electron chi connectivity index (χ4n) is 1.03. The van der Waals surface area contributed by atoms with Crippen LogP contribution in [-0.4, -0.2) is 18.1 Å². The minimum absolute atomic E-state index is 0.271. The number of hydrogen-bond acceptors (Lipinski definition) is 2. The molecule has 0 rings (SSSR count). The van der Waals surface area contributed by atoms with Crippen molar-refractivity contribution < 1.29 is 4.79 Å². The van der Waals surface area contributed by atoms with E-state index in [0.29, 0.717) is 19.4 Å². The number of rotatable bonds is 4. The normalized spacial score (nSPS) is 10.3. The molecule has 0 spiro atoms. The second-order valence-electron chi connectivity index (χ2n) is 2.89. The van der Waals surface area contributed by atoms with Gasteiger partial charge < -0.3 is 10.6 Å². The number of nitrogens with zero attached hydrogens (tertiary/aromatic N) is 1. The van der Waals surface area contributed by atoms with Gasteiger partial charge >= 0.3 is 6.03 Å². The van der Waals surface area contributed by atoms with E-state index in [1.807, 2.05) is 20.8 Å². The number of urea groups is 1. The number of nitrogens with one attached hydrogen (secondary N) is 2. The summed E-state index contributed by atoms with van der Waals surface area (Å²) in [7, 11) is 0. The second kappa shape index (κ2) is 5.41. The molecule has 0 fully saturated rings. The summed E-state index contributed by atoms with van der Waals surface area (Å²) < 4.78 is 0. The number of carbonyl (C=O) groups is 1. The van der Waals surface area contributed by atoms with Crippen molar-refractivity contribution in [3.05, 3.63) is 0 Å². The lowest BCUT2D eigenvalue weighted by Gasteiger charge is -2.24. The van der Waals surface area contributed by atoms with Crippen LogP contribution in [0, 0.1) is 11.3 Å². The zero-order valence-corrected chi connectivity index (χ0v) is 8.48. The van der Waals surface area contributed by atoms with Crippen LogP contribution in [0.15, 0.2) is 0 Å². The van der Waals surface area contributed by atoms with Crippen LogP contribution in [0.4, 0.5) is 4.79 Å². The smallest absolute Gasteiger partial charge is 0.316 e. The molecule has 0 unspecified atom stereocenters. The molecule has 0 radical (unpaired) electrons. The minimum Gasteiger partial charge on any atom is -0.338 e. The lowest BCUT2D eigenvalue weighted by atomic mass is 9.95. The zero-order valence-electron chi connectivity index (χ0n) is 8.48. The van der Waals surface area contributed by atoms with Crippen LogP contribution >= 0.6 is 0 Å². The Labute approximate surface area is 79.3 Å². The van der Waals surface area contributed by atoms with Crippen LogP contribution < -0.4 is 10.6 Å². The Balaban J connectivity index is 4.27. The van der Waals surface area contributed by atoms with Crippen LogP contribution in [0.3, 0.4) is 0 Å². The SMILES string of the molecule is CCNC(=O)NC(C#N)(CC)CC. The molecular formula is C9H17N3O. The molecule has 74 valence electrons. The van der Waals surface area contributed by atoms with Crippen LogP contribution in [0.1, 0.15) is 33.6 Å². The molecule has 0 aromatic rings. The number of amides is 2. The summed E-state index contributed by atoms with van der Waals surface area (Å²) in [4.78, 5) is 11.2. The maximum absolute atomic E-state index is 11.2. The molecule has 0 saturated carbocycles. The molecule has 2 amide bonds. The zero-order chi connectivity index (χ0) is 10.3. The molecule has 4 nitrogen and oxygen atoms in total. The Morgan fingerprint density at radius 2 is 1.92 bits per heavy atom. The van der Waals surface area contributed by atoms with Gasteiger partial charge in [0, 0.05) is 6.54 Å². The van der Waals surface area contributed by atoms with Crippen LogP contribution in [0.25, 0.3) is 0 Å². The highest BCUT2D eigenvalue weighted by molar-refractivity contribution is 5.75. The van der Waals surface area contributed by atoms with Gasteiger partial charge in [-0.1, -0.05) is 13.8 Å². The van der Waals surface area contributed by atoms with Gasteiger partial charge in [0.1, 0.15) is 5.54 Å². The first kappa shape index (κ1) is 11.8. The molecular weight excluding hydrogens is 166 g/mol. The van der Waals surface area contributed by atoms with Gasteiger partial charge in [-0.05, 0) is 19.8 Å². The fraction of sp³-hybridized carbons (Fsp3) is 0.778. The predicted octanol–water partition coefficient (Wildman–Crippen LogP) is 1.39. The van der Waals surface area contributed by atoms with Gasteiger partial charge in [-0.2, -0.15) is 5.26 Å². The fourth-order valence-corrected chi connectivity index (χ4v) is 1.03. The predicted molar refractivity (Wildman–Crippen MR) is 51.1 cm³/mol. The summed E-state index contributed by atoms with van der Waals surface area (Å²) in [6, 6.07) is 1.86. The molecule has 0 aliphatic rings. The van der Waals surface area contributed by atoms with Gasteiger partial charge in [0.05, 0.1) is 6.07 Å². The Hall–Kier alpha value is -1.24. The monoisotopic (exact) mass is 183 g/mol. The van der Waals surface area contributed by atoms with Gasteiger partial charge in [-0.15, -0.1) is 0 Å². The second-order valence-corrected chi connectivity index (χ2v) is 2.89. The molecule has 0 aromatic carbocycles. The Morgan fingerprint density at radius 1 is 1.38 bits per heavy atom. The van der Waals surface area contributed by atoms with E-state index in [1.165, 1.54) is 0 Å². The lowest BCUT2D eigenvalue weighted by molar-refractivity contribution is 0.230. The molecule has 0 heterocycles. The first-order chi connectivity index (χ1) is 6.14. The lowest BCUT2D eigenvalue weighted by Crippen LogP contribution is -2.50. The molecule has 0 saturated heterocycles. The number of carbonyl (C=O) groups excluding carboxylic acids is 1. The quantitative estimate of drug-likeness (QED) is 0.691. The van der Waals surface area contributed by atoms with Crippen molar-refractivity contribution in [2.24, 2.45) is 0 Å². The van der Waals surface area contributed by atoms with E-state index in [2.05, 4.69) is 16.7 Å². The summed E-state index contributed by atoms with van der Waals surface area (Å²) >= 11 is 0. The minimum atomic E-state index is -0.709. The van der Waals surface area contributed by atoms with Crippen molar-refractivity contribution in [1.82, 2.24) is 10.6 Å². The maximum atomic E-state index is 11.2. The standard InChI is InChI=1S/C9H17N3O/c1-4-9(5-2,7-10)12-8(13)11-6-3/h4-6H2,1-3H3,(H2,11,12,13). The van der Waals surface area contributed by atoms with Gasteiger partial charge in [-0.25, -0.2) is 4.79 Å². The third-order valence-corrected chi connectivity index (χ3v) is 2.11. The molecule has 4 heteroatoms. The summed E-state index contributed by atoms with van der Waals surface area (Å²) in [5.74, 6) is 0. The molecule has 0 atom stereocenters. The van der Waals surface area contributed by atoms with Crippen molar-refractivity contribution in [2.45, 2.75) is 39.2 Å². The topological polar surface area (TPSA) is 64.9 Å². The van der Waals surface area contributed by atoms with Crippen LogP contribution in [0.5, 0.6) is 0 Å². The van der Waals surface area contributed by atoms with Crippen molar-refractivity contribution in [3.8, 4) is 6.07 Å². The Morgan fingerprint density at radius 3 is 2.23 bits per heavy atom. The average molecular weight is 183 g/mol. The molecule has 0 aliphatic carbocycles. The summed E-state index contributed by atoms with van der Waals surface area (Å²) in [5.41, 5.74) is -0.709. The first-order valence-corrected chi connectivity index (χ1v) is 4.61. The van der Waals surface area contributed by atoms with Gasteiger partial charge in [0.15, 0.2) is 0 Å². The number of hydrogen-bond donors (Lipinski definition) is 2. The van der Waals surface area contributed by atoms with E-state index in [-0.39, 0.29) is 6.03 Å². The third-order valence-electron chi connectivity index (χ3n) is 2.11. The first-order valence-electron chi connectivity index (χ1n) is 4.61. The van der Waals surface area contributed by atoms with E-state index in [0.717, 1.165) is 0 Å². The van der Waals surface area contributed by atoms with Crippen LogP contribution in [0.2, 0.25) is 0 Å². The summed E-state index contributed by atoms with van der Waals surface area (Å²) in [6.45, 7) is 6.18. The highest BCUT2D eigenvalue weighted by atomic mass is 16.2. The van der Waals surface area contributed by atoms with Crippen LogP contribution in [-0.2, 0) is 0 Å². The molecule has 0 aromatic heterocycles. The van der Waals surface area contributed by atoms with Gasteiger partial charge in [0.25, 0.3) is 0 Å². The Bertz CT molecular complexity index is 203. The summed E-state index contributed by atoms with van der Waals surface area (Å²) in [6.07, 6.45) is 1.24. The van der Waals surface area contributed by atoms with Crippen molar-refractivity contribution in [2.75, 3.05) is 6.54 Å². The molecule has 2 N–H and O–H groups in total. The molecule has 13 heavy (non-hydrogen) atoms. The van der Waals surface area contributed by atoms with Crippen molar-refractivity contribution in [3.63, 3.8) is 0 Å². The number of nitriles is 1. The molecule has 0 aliphatic heterocycles. The highest BCUT2D eigenvalue weighted by Crippen LogP contribution is 2.12. The molecule has 0 bridgehead atoms. The largest absolute Gasteiger partial charge is 0.338 e. The van der Waals surface area contributed by atoms with Gasteiger partial charge in [0.2, 0.25) is 0 Å².